The molecule has 0 atom stereocenters. The Morgan fingerprint density at radius 1 is 1.38 bits per heavy atom. The Kier molecular flexibility index (Phi) is 2.60. The third kappa shape index (κ3) is 1.89. The quantitative estimate of drug-likeness (QED) is 0.832. The van der Waals surface area contributed by atoms with Crippen molar-refractivity contribution in [2.24, 2.45) is 0 Å². The van der Waals surface area contributed by atoms with Crippen LogP contribution in [0.2, 0.25) is 0 Å². The molecule has 2 rings (SSSR count). The van der Waals surface area contributed by atoms with E-state index in [1.165, 1.54) is 0 Å². The number of pyridine rings is 1. The van der Waals surface area contributed by atoms with Crippen LogP contribution in [-0.4, -0.2) is 10.8 Å². The predicted molar refractivity (Wildman–Crippen MR) is 63.7 cm³/mol. The SMILES string of the molecule is CC(=O)Cc1cccc2c(C)cc(=O)[nH]c12. The molecule has 0 unspecified atom stereocenters. The average molecular weight is 215 g/mol. The Balaban J connectivity index is 2.76. The number of aryl methyl sites for hydroxylation is 1. The summed E-state index contributed by atoms with van der Waals surface area (Å²) in [6.07, 6.45) is 0.358. The van der Waals surface area contributed by atoms with Crippen LogP contribution in [0.1, 0.15) is 18.1 Å². The minimum Gasteiger partial charge on any atom is -0.322 e. The normalized spacial score (nSPS) is 10.6. The summed E-state index contributed by atoms with van der Waals surface area (Å²) in [5.74, 6) is 0.0925. The summed E-state index contributed by atoms with van der Waals surface area (Å²) in [5.41, 5.74) is 2.47. The number of fused-ring (bicyclic) bond motifs is 1. The summed E-state index contributed by atoms with van der Waals surface area (Å²) >= 11 is 0. The highest BCUT2D eigenvalue weighted by atomic mass is 16.1. The van der Waals surface area contributed by atoms with Gasteiger partial charge < -0.3 is 4.98 Å². The summed E-state index contributed by atoms with van der Waals surface area (Å²) in [6.45, 7) is 3.45. The first-order chi connectivity index (χ1) is 7.58. The van der Waals surface area contributed by atoms with Gasteiger partial charge in [0.1, 0.15) is 5.78 Å². The number of para-hydroxylation sites is 1. The number of rotatable bonds is 2. The highest BCUT2D eigenvalue weighted by Gasteiger charge is 2.06. The number of aromatic amines is 1. The molecule has 1 aromatic heterocycles. The molecule has 1 heterocycles. The lowest BCUT2D eigenvalue weighted by Crippen LogP contribution is -2.07. The maximum atomic E-state index is 11.4. The number of H-pyrrole nitrogens is 1. The zero-order chi connectivity index (χ0) is 11.7. The monoisotopic (exact) mass is 215 g/mol. The lowest BCUT2D eigenvalue weighted by molar-refractivity contribution is -0.116. The number of hydrogen-bond acceptors (Lipinski definition) is 2. The van der Waals surface area contributed by atoms with E-state index in [4.69, 9.17) is 0 Å². The van der Waals surface area contributed by atoms with Gasteiger partial charge in [0.05, 0.1) is 5.52 Å². The van der Waals surface area contributed by atoms with Gasteiger partial charge in [-0.2, -0.15) is 0 Å². The first-order valence-corrected chi connectivity index (χ1v) is 5.19. The summed E-state index contributed by atoms with van der Waals surface area (Å²) < 4.78 is 0. The van der Waals surface area contributed by atoms with Crippen LogP contribution in [0.15, 0.2) is 29.1 Å². The van der Waals surface area contributed by atoms with E-state index >= 15 is 0 Å². The molecule has 0 radical (unpaired) electrons. The van der Waals surface area contributed by atoms with E-state index in [0.717, 1.165) is 22.0 Å². The predicted octanol–water partition coefficient (Wildman–Crippen LogP) is 1.97. The highest BCUT2D eigenvalue weighted by molar-refractivity contribution is 5.89. The Hall–Kier alpha value is -1.90. The number of Topliss-reactive ketones (excluding diaryl/α,β-unsaturated/α-hetero) is 1. The van der Waals surface area contributed by atoms with E-state index in [2.05, 4.69) is 4.98 Å². The second-order valence-corrected chi connectivity index (χ2v) is 4.04. The van der Waals surface area contributed by atoms with Gasteiger partial charge in [-0.1, -0.05) is 18.2 Å². The highest BCUT2D eigenvalue weighted by Crippen LogP contribution is 2.18. The van der Waals surface area contributed by atoms with Crippen LogP contribution in [0.3, 0.4) is 0 Å². The van der Waals surface area contributed by atoms with E-state index in [1.54, 1.807) is 13.0 Å². The van der Waals surface area contributed by atoms with Crippen molar-refractivity contribution in [2.75, 3.05) is 0 Å². The van der Waals surface area contributed by atoms with Crippen LogP contribution < -0.4 is 5.56 Å². The fraction of sp³-hybridized carbons (Fsp3) is 0.231. The van der Waals surface area contributed by atoms with Gasteiger partial charge in [-0.25, -0.2) is 0 Å². The molecule has 0 bridgehead atoms. The molecule has 0 saturated heterocycles. The third-order valence-electron chi connectivity index (χ3n) is 2.61. The van der Waals surface area contributed by atoms with Gasteiger partial charge >= 0.3 is 0 Å². The fourth-order valence-corrected chi connectivity index (χ4v) is 1.93. The Bertz CT molecular complexity index is 611. The van der Waals surface area contributed by atoms with Crippen molar-refractivity contribution in [3.8, 4) is 0 Å². The second kappa shape index (κ2) is 3.93. The smallest absolute Gasteiger partial charge is 0.248 e. The number of aromatic nitrogens is 1. The lowest BCUT2D eigenvalue weighted by atomic mass is 10.0. The van der Waals surface area contributed by atoms with Crippen LogP contribution in [0.25, 0.3) is 10.9 Å². The van der Waals surface area contributed by atoms with Crippen LogP contribution in [0.4, 0.5) is 0 Å². The van der Waals surface area contributed by atoms with Crippen molar-refractivity contribution in [1.82, 2.24) is 4.98 Å². The molecular weight excluding hydrogens is 202 g/mol. The second-order valence-electron chi connectivity index (χ2n) is 4.04. The number of hydrogen-bond donors (Lipinski definition) is 1. The summed E-state index contributed by atoms with van der Waals surface area (Å²) in [4.78, 5) is 25.3. The zero-order valence-electron chi connectivity index (χ0n) is 9.33. The van der Waals surface area contributed by atoms with Gasteiger partial charge in [-0.05, 0) is 25.0 Å². The molecule has 0 aliphatic heterocycles. The van der Waals surface area contributed by atoms with Gasteiger partial charge in [-0.15, -0.1) is 0 Å². The first kappa shape index (κ1) is 10.6. The van der Waals surface area contributed by atoms with E-state index in [-0.39, 0.29) is 11.3 Å². The first-order valence-electron chi connectivity index (χ1n) is 5.19. The molecule has 1 aromatic carbocycles. The van der Waals surface area contributed by atoms with Crippen molar-refractivity contribution in [3.05, 3.63) is 45.7 Å². The summed E-state index contributed by atoms with van der Waals surface area (Å²) in [5, 5.41) is 0.998. The number of ketones is 1. The maximum absolute atomic E-state index is 11.4. The van der Waals surface area contributed by atoms with Crippen LogP contribution >= 0.6 is 0 Å². The molecule has 0 saturated carbocycles. The van der Waals surface area contributed by atoms with Gasteiger partial charge in [0.2, 0.25) is 5.56 Å². The van der Waals surface area contributed by atoms with Gasteiger partial charge in [0.25, 0.3) is 0 Å². The number of carbonyl (C=O) groups is 1. The van der Waals surface area contributed by atoms with Crippen LogP contribution in [0.5, 0.6) is 0 Å². The summed E-state index contributed by atoms with van der Waals surface area (Å²) in [6, 6.07) is 7.30. The minimum atomic E-state index is -0.124. The molecule has 0 aliphatic rings. The van der Waals surface area contributed by atoms with Gasteiger partial charge in [-0.3, -0.25) is 9.59 Å². The zero-order valence-corrected chi connectivity index (χ0v) is 9.33. The number of nitrogens with one attached hydrogen (secondary N) is 1. The van der Waals surface area contributed by atoms with Crippen LogP contribution in [-0.2, 0) is 11.2 Å². The molecule has 0 fully saturated rings. The van der Waals surface area contributed by atoms with Crippen molar-refractivity contribution in [2.45, 2.75) is 20.3 Å². The van der Waals surface area contributed by atoms with Gasteiger partial charge in [0.15, 0.2) is 0 Å². The van der Waals surface area contributed by atoms with Gasteiger partial charge in [0, 0.05) is 17.9 Å². The van der Waals surface area contributed by atoms with Crippen molar-refractivity contribution >= 4 is 16.7 Å². The van der Waals surface area contributed by atoms with Crippen molar-refractivity contribution < 1.29 is 4.79 Å². The summed E-state index contributed by atoms with van der Waals surface area (Å²) in [7, 11) is 0. The lowest BCUT2D eigenvalue weighted by Gasteiger charge is -2.06. The maximum Gasteiger partial charge on any atom is 0.248 e. The molecular formula is C13H13NO2. The molecule has 82 valence electrons. The Labute approximate surface area is 93.1 Å². The third-order valence-corrected chi connectivity index (χ3v) is 2.61. The minimum absolute atomic E-state index is 0.0925. The molecule has 0 spiro atoms. The van der Waals surface area contributed by atoms with Crippen LogP contribution in [0, 0.1) is 6.92 Å². The molecule has 3 nitrogen and oxygen atoms in total. The van der Waals surface area contributed by atoms with E-state index in [1.807, 2.05) is 25.1 Å². The Morgan fingerprint density at radius 3 is 2.81 bits per heavy atom. The topological polar surface area (TPSA) is 49.9 Å². The van der Waals surface area contributed by atoms with Crippen molar-refractivity contribution in [3.63, 3.8) is 0 Å². The standard InChI is InChI=1S/C13H13NO2/c1-8-6-12(16)14-13-10(7-9(2)15)4-3-5-11(8)13/h3-6H,7H2,1-2H3,(H,14,16). The van der Waals surface area contributed by atoms with Crippen molar-refractivity contribution in [1.29, 1.82) is 0 Å². The molecule has 2 aromatic rings. The molecule has 16 heavy (non-hydrogen) atoms. The van der Waals surface area contributed by atoms with E-state index in [0.29, 0.717) is 6.42 Å². The van der Waals surface area contributed by atoms with E-state index in [9.17, 15) is 9.59 Å². The molecule has 3 heteroatoms. The molecule has 0 aliphatic carbocycles. The Morgan fingerprint density at radius 2 is 2.12 bits per heavy atom. The fourth-order valence-electron chi connectivity index (χ4n) is 1.93. The average Bonchev–Trinajstić information content (AvgIpc) is 2.18. The largest absolute Gasteiger partial charge is 0.322 e. The molecule has 1 N–H and O–H groups in total. The van der Waals surface area contributed by atoms with E-state index < -0.39 is 0 Å². The number of carbonyl (C=O) groups excluding carboxylic acids is 1. The number of benzene rings is 1. The molecule has 0 amide bonds.